The van der Waals surface area contributed by atoms with Crippen LogP contribution in [0.3, 0.4) is 0 Å². The Hall–Kier alpha value is -2.67. The Balaban J connectivity index is 1.43. The van der Waals surface area contributed by atoms with Crippen molar-refractivity contribution in [2.75, 3.05) is 5.32 Å². The van der Waals surface area contributed by atoms with Crippen molar-refractivity contribution < 1.29 is 18.8 Å². The van der Waals surface area contributed by atoms with Crippen LogP contribution in [0.15, 0.2) is 63.7 Å². The number of nitrogens with one attached hydrogen (secondary N) is 1. The normalized spacial score (nSPS) is 28.1. The molecule has 6 nitrogen and oxygen atoms in total. The summed E-state index contributed by atoms with van der Waals surface area (Å²) in [6, 6.07) is 11.7. The minimum absolute atomic E-state index is 0.0610. The minimum atomic E-state index is -0.769. The number of carbonyl (C=O) groups excluding carboxylic acids is 3. The van der Waals surface area contributed by atoms with Gasteiger partial charge in [-0.05, 0) is 58.5 Å². The van der Waals surface area contributed by atoms with E-state index in [0.717, 1.165) is 6.42 Å². The smallest absolute Gasteiger partial charge is 0.234 e. The molecule has 2 aromatic rings. The monoisotopic (exact) mass is 454 g/mol. The van der Waals surface area contributed by atoms with E-state index in [1.165, 1.54) is 4.90 Å². The summed E-state index contributed by atoms with van der Waals surface area (Å²) in [5.74, 6) is -0.633. The lowest BCUT2D eigenvalue weighted by Crippen LogP contribution is -2.38. The number of allylic oxidation sites excluding steroid dienone is 2. The molecule has 1 aliphatic heterocycles. The lowest BCUT2D eigenvalue weighted by atomic mass is 9.85. The van der Waals surface area contributed by atoms with Crippen LogP contribution in [0.25, 0.3) is 0 Å². The lowest BCUT2D eigenvalue weighted by Gasteiger charge is -2.26. The van der Waals surface area contributed by atoms with Gasteiger partial charge >= 0.3 is 0 Å². The Kier molecular flexibility index (Phi) is 4.42. The van der Waals surface area contributed by atoms with Gasteiger partial charge in [-0.2, -0.15) is 0 Å². The van der Waals surface area contributed by atoms with Crippen LogP contribution in [-0.4, -0.2) is 22.6 Å². The third kappa shape index (κ3) is 3.04. The average Bonchev–Trinajstić information content (AvgIpc) is 3.46. The van der Waals surface area contributed by atoms with Crippen LogP contribution in [0.4, 0.5) is 5.69 Å². The highest BCUT2D eigenvalue weighted by Gasteiger charge is 2.60. The van der Waals surface area contributed by atoms with Gasteiger partial charge in [0.25, 0.3) is 0 Å². The summed E-state index contributed by atoms with van der Waals surface area (Å²) < 4.78 is 6.16. The molecule has 5 atom stereocenters. The highest BCUT2D eigenvalue weighted by atomic mass is 79.9. The minimum Gasteiger partial charge on any atom is -0.452 e. The van der Waals surface area contributed by atoms with Crippen LogP contribution in [0, 0.1) is 23.7 Å². The number of furan rings is 1. The number of carbonyl (C=O) groups is 3. The molecule has 1 aromatic carbocycles. The second-order valence-corrected chi connectivity index (χ2v) is 8.60. The highest BCUT2D eigenvalue weighted by molar-refractivity contribution is 9.10. The van der Waals surface area contributed by atoms with Crippen LogP contribution in [-0.2, 0) is 14.4 Å². The highest BCUT2D eigenvalue weighted by Crippen LogP contribution is 2.54. The van der Waals surface area contributed by atoms with Crippen LogP contribution in [0.2, 0.25) is 0 Å². The first-order valence-electron chi connectivity index (χ1n) is 9.68. The van der Waals surface area contributed by atoms with Gasteiger partial charge < -0.3 is 9.73 Å². The number of hydrogen-bond acceptors (Lipinski definition) is 4. The van der Waals surface area contributed by atoms with Gasteiger partial charge in [-0.3, -0.25) is 19.3 Å². The first-order valence-corrected chi connectivity index (χ1v) is 10.5. The molecule has 29 heavy (non-hydrogen) atoms. The van der Waals surface area contributed by atoms with Crippen molar-refractivity contribution in [3.63, 3.8) is 0 Å². The fourth-order valence-electron chi connectivity index (χ4n) is 4.97. The molecule has 148 valence electrons. The van der Waals surface area contributed by atoms with Gasteiger partial charge in [0.1, 0.15) is 11.8 Å². The van der Waals surface area contributed by atoms with Gasteiger partial charge in [-0.15, -0.1) is 0 Å². The maximum atomic E-state index is 13.2. The fraction of sp³-hybridized carbons (Fsp3) is 0.318. The molecule has 5 rings (SSSR count). The lowest BCUT2D eigenvalue weighted by molar-refractivity contribution is -0.144. The van der Waals surface area contributed by atoms with Gasteiger partial charge in [0.2, 0.25) is 17.7 Å². The zero-order valence-electron chi connectivity index (χ0n) is 15.5. The Morgan fingerprint density at radius 1 is 1.07 bits per heavy atom. The van der Waals surface area contributed by atoms with Crippen LogP contribution < -0.4 is 5.32 Å². The van der Waals surface area contributed by atoms with Gasteiger partial charge in [0.05, 0.1) is 18.3 Å². The number of anilines is 1. The van der Waals surface area contributed by atoms with Crippen LogP contribution in [0.5, 0.6) is 0 Å². The number of imide groups is 1. The second-order valence-electron chi connectivity index (χ2n) is 7.82. The third-order valence-electron chi connectivity index (χ3n) is 6.17. The van der Waals surface area contributed by atoms with E-state index in [2.05, 4.69) is 33.4 Å². The summed E-state index contributed by atoms with van der Waals surface area (Å²) in [4.78, 5) is 40.5. The molecule has 1 aromatic heterocycles. The number of amides is 3. The summed E-state index contributed by atoms with van der Waals surface area (Å²) in [6.07, 6.45) is 4.92. The fourth-order valence-corrected chi connectivity index (χ4v) is 5.29. The predicted molar refractivity (Wildman–Crippen MR) is 108 cm³/mol. The standard InChI is InChI=1S/C22H19BrN2O4/c23-17-9-8-16(29-17)15(11-18(26)24-14-4-2-1-3-5-14)25-21(27)19-12-6-7-13(10-12)20(19)22(25)28/h1-9,12-13,15,19-20H,10-11H2,(H,24,26). The zero-order valence-corrected chi connectivity index (χ0v) is 17.0. The summed E-state index contributed by atoms with van der Waals surface area (Å²) >= 11 is 3.27. The maximum absolute atomic E-state index is 13.2. The largest absolute Gasteiger partial charge is 0.452 e. The number of benzene rings is 1. The second kappa shape index (κ2) is 6.99. The summed E-state index contributed by atoms with van der Waals surface area (Å²) in [5, 5.41) is 2.83. The molecule has 2 heterocycles. The summed E-state index contributed by atoms with van der Waals surface area (Å²) in [5.41, 5.74) is 0.662. The molecule has 5 unspecified atom stereocenters. The van der Waals surface area contributed by atoms with Crippen molar-refractivity contribution in [1.29, 1.82) is 0 Å². The van der Waals surface area contributed by atoms with E-state index in [0.29, 0.717) is 16.1 Å². The maximum Gasteiger partial charge on any atom is 0.234 e. The number of fused-ring (bicyclic) bond motifs is 5. The van der Waals surface area contributed by atoms with E-state index < -0.39 is 6.04 Å². The number of para-hydroxylation sites is 1. The quantitative estimate of drug-likeness (QED) is 0.548. The van der Waals surface area contributed by atoms with E-state index in [-0.39, 0.29) is 47.8 Å². The number of nitrogens with zero attached hydrogens (tertiary/aromatic N) is 1. The predicted octanol–water partition coefficient (Wildman–Crippen LogP) is 3.92. The van der Waals surface area contributed by atoms with Crippen molar-refractivity contribution in [2.45, 2.75) is 18.9 Å². The molecule has 3 amide bonds. The first kappa shape index (κ1) is 18.4. The summed E-state index contributed by atoms with van der Waals surface area (Å²) in [6.45, 7) is 0. The third-order valence-corrected chi connectivity index (χ3v) is 6.60. The molecule has 3 aliphatic rings. The number of rotatable bonds is 5. The van der Waals surface area contributed by atoms with Crippen molar-refractivity contribution in [2.24, 2.45) is 23.7 Å². The van der Waals surface area contributed by atoms with E-state index in [1.807, 2.05) is 18.2 Å². The van der Waals surface area contributed by atoms with Gasteiger partial charge in [-0.1, -0.05) is 30.4 Å². The van der Waals surface area contributed by atoms with Crippen molar-refractivity contribution in [3.05, 3.63) is 65.0 Å². The van der Waals surface area contributed by atoms with Crippen molar-refractivity contribution >= 4 is 39.3 Å². The Labute approximate surface area is 176 Å². The Morgan fingerprint density at radius 2 is 1.72 bits per heavy atom. The number of hydrogen-bond donors (Lipinski definition) is 1. The molecular weight excluding hydrogens is 436 g/mol. The molecule has 1 N–H and O–H groups in total. The Bertz CT molecular complexity index is 985. The molecule has 0 radical (unpaired) electrons. The molecule has 1 saturated carbocycles. The molecule has 2 aliphatic carbocycles. The molecule has 2 fully saturated rings. The molecule has 1 saturated heterocycles. The van der Waals surface area contributed by atoms with Gasteiger partial charge in [0.15, 0.2) is 4.67 Å². The van der Waals surface area contributed by atoms with Crippen molar-refractivity contribution in [3.8, 4) is 0 Å². The van der Waals surface area contributed by atoms with Gasteiger partial charge in [0, 0.05) is 5.69 Å². The van der Waals surface area contributed by atoms with Crippen LogP contribution in [0.1, 0.15) is 24.6 Å². The van der Waals surface area contributed by atoms with E-state index in [1.54, 1.807) is 24.3 Å². The molecule has 0 spiro atoms. The average molecular weight is 455 g/mol. The van der Waals surface area contributed by atoms with Crippen LogP contribution >= 0.6 is 15.9 Å². The number of likely N-dealkylation sites (tertiary alicyclic amines) is 1. The molecular formula is C22H19BrN2O4. The topological polar surface area (TPSA) is 79.6 Å². The van der Waals surface area contributed by atoms with E-state index >= 15 is 0 Å². The number of halogens is 1. The first-order chi connectivity index (χ1) is 14.0. The SMILES string of the molecule is O=C(CC(c1ccc(Br)o1)N1C(=O)C2C3C=CC(C3)C2C1=O)Nc1ccccc1. The zero-order chi connectivity index (χ0) is 20.1. The van der Waals surface area contributed by atoms with E-state index in [4.69, 9.17) is 4.42 Å². The Morgan fingerprint density at radius 3 is 2.31 bits per heavy atom. The van der Waals surface area contributed by atoms with E-state index in [9.17, 15) is 14.4 Å². The summed E-state index contributed by atoms with van der Waals surface area (Å²) in [7, 11) is 0. The van der Waals surface area contributed by atoms with Crippen molar-refractivity contribution in [1.82, 2.24) is 4.90 Å². The molecule has 2 bridgehead atoms. The molecule has 7 heteroatoms. The van der Waals surface area contributed by atoms with Gasteiger partial charge in [-0.25, -0.2) is 0 Å².